The average molecular weight is 114 g/mol. The number of nitriles is 1. The molecule has 46 valence electrons. The Bertz CT molecular complexity index is 86.9. The molecule has 0 spiro atoms. The van der Waals surface area contributed by atoms with Crippen LogP contribution in [0.2, 0.25) is 0 Å². The highest BCUT2D eigenvalue weighted by molar-refractivity contribution is 4.84. The van der Waals surface area contributed by atoms with Gasteiger partial charge in [0.15, 0.2) is 0 Å². The summed E-state index contributed by atoms with van der Waals surface area (Å²) in [4.78, 5) is 0. The molecule has 0 amide bonds. The topological polar surface area (TPSA) is 56.0 Å². The standard InChI is InChI=1S/C5H10N2O/c1-5(4-6)7-2-3-8/h5,7-8H,2-3H2,1H3/t5-/m0/s1. The summed E-state index contributed by atoms with van der Waals surface area (Å²) in [5, 5.41) is 19.2. The molecule has 0 heterocycles. The van der Waals surface area contributed by atoms with Crippen LogP contribution in [0.1, 0.15) is 6.92 Å². The lowest BCUT2D eigenvalue weighted by Gasteiger charge is -2.00. The van der Waals surface area contributed by atoms with Crippen molar-refractivity contribution in [3.8, 4) is 6.07 Å². The van der Waals surface area contributed by atoms with E-state index in [1.165, 1.54) is 0 Å². The third-order valence-corrected chi connectivity index (χ3v) is 0.756. The fourth-order valence-corrected chi connectivity index (χ4v) is 0.327. The van der Waals surface area contributed by atoms with Gasteiger partial charge in [-0.3, -0.25) is 5.32 Å². The maximum Gasteiger partial charge on any atom is 0.0925 e. The normalized spacial score (nSPS) is 12.6. The van der Waals surface area contributed by atoms with E-state index in [-0.39, 0.29) is 12.6 Å². The molecule has 0 aromatic heterocycles. The Morgan fingerprint density at radius 1 is 1.88 bits per heavy atom. The Balaban J connectivity index is 3.02. The minimum absolute atomic E-state index is 0.0893. The van der Waals surface area contributed by atoms with E-state index in [9.17, 15) is 0 Å². The SMILES string of the molecule is C[C@@H](C#N)NCCO. The molecule has 0 rings (SSSR count). The molecule has 0 aromatic rings. The second kappa shape index (κ2) is 4.57. The van der Waals surface area contributed by atoms with Gasteiger partial charge in [-0.1, -0.05) is 0 Å². The first-order valence-corrected chi connectivity index (χ1v) is 2.55. The van der Waals surface area contributed by atoms with Gasteiger partial charge in [0.2, 0.25) is 0 Å². The van der Waals surface area contributed by atoms with Gasteiger partial charge < -0.3 is 5.11 Å². The van der Waals surface area contributed by atoms with Gasteiger partial charge in [-0.05, 0) is 6.92 Å². The van der Waals surface area contributed by atoms with Crippen LogP contribution in [0.15, 0.2) is 0 Å². The second-order valence-corrected chi connectivity index (χ2v) is 1.53. The summed E-state index contributed by atoms with van der Waals surface area (Å²) in [6.45, 7) is 2.33. The largest absolute Gasteiger partial charge is 0.395 e. The van der Waals surface area contributed by atoms with Crippen molar-refractivity contribution in [3.63, 3.8) is 0 Å². The van der Waals surface area contributed by atoms with E-state index >= 15 is 0 Å². The van der Waals surface area contributed by atoms with Crippen molar-refractivity contribution in [2.45, 2.75) is 13.0 Å². The first-order valence-electron chi connectivity index (χ1n) is 2.55. The van der Waals surface area contributed by atoms with Crippen molar-refractivity contribution >= 4 is 0 Å². The molecule has 0 aliphatic heterocycles. The fourth-order valence-electron chi connectivity index (χ4n) is 0.327. The molecule has 2 N–H and O–H groups in total. The van der Waals surface area contributed by atoms with Gasteiger partial charge in [-0.25, -0.2) is 0 Å². The van der Waals surface area contributed by atoms with Gasteiger partial charge in [-0.2, -0.15) is 5.26 Å². The lowest BCUT2D eigenvalue weighted by atomic mass is 10.4. The zero-order chi connectivity index (χ0) is 6.41. The third kappa shape index (κ3) is 3.59. The lowest BCUT2D eigenvalue weighted by molar-refractivity contribution is 0.290. The van der Waals surface area contributed by atoms with Crippen molar-refractivity contribution in [1.82, 2.24) is 5.32 Å². The molecule has 1 atom stereocenters. The Morgan fingerprint density at radius 2 is 2.50 bits per heavy atom. The monoisotopic (exact) mass is 114 g/mol. The van der Waals surface area contributed by atoms with Crippen LogP contribution in [-0.4, -0.2) is 24.3 Å². The van der Waals surface area contributed by atoms with Crippen LogP contribution < -0.4 is 5.32 Å². The molecule has 0 fully saturated rings. The predicted molar refractivity (Wildman–Crippen MR) is 30.2 cm³/mol. The number of aliphatic hydroxyl groups is 1. The second-order valence-electron chi connectivity index (χ2n) is 1.53. The zero-order valence-electron chi connectivity index (χ0n) is 4.89. The van der Waals surface area contributed by atoms with Gasteiger partial charge in [0.25, 0.3) is 0 Å². The first kappa shape index (κ1) is 7.41. The fraction of sp³-hybridized carbons (Fsp3) is 0.800. The minimum atomic E-state index is -0.151. The number of hydrogen-bond donors (Lipinski definition) is 2. The van der Waals surface area contributed by atoms with Crippen molar-refractivity contribution in [3.05, 3.63) is 0 Å². The van der Waals surface area contributed by atoms with Gasteiger partial charge in [0.1, 0.15) is 0 Å². The number of aliphatic hydroxyl groups excluding tert-OH is 1. The molecule has 0 saturated heterocycles. The van der Waals surface area contributed by atoms with Crippen LogP contribution in [0.25, 0.3) is 0 Å². The van der Waals surface area contributed by atoms with E-state index in [1.54, 1.807) is 6.92 Å². The molecular formula is C5H10N2O. The Morgan fingerprint density at radius 3 is 2.88 bits per heavy atom. The lowest BCUT2D eigenvalue weighted by Crippen LogP contribution is -2.26. The molecule has 0 radical (unpaired) electrons. The van der Waals surface area contributed by atoms with E-state index < -0.39 is 0 Å². The molecule has 3 nitrogen and oxygen atoms in total. The van der Waals surface area contributed by atoms with Crippen LogP contribution >= 0.6 is 0 Å². The smallest absolute Gasteiger partial charge is 0.0925 e. The van der Waals surface area contributed by atoms with Gasteiger partial charge in [0, 0.05) is 6.54 Å². The van der Waals surface area contributed by atoms with Crippen molar-refractivity contribution in [2.75, 3.05) is 13.2 Å². The number of rotatable bonds is 3. The molecule has 8 heavy (non-hydrogen) atoms. The molecule has 0 aliphatic rings. The number of nitrogens with one attached hydrogen (secondary N) is 1. The van der Waals surface area contributed by atoms with E-state index in [0.717, 1.165) is 0 Å². The van der Waals surface area contributed by atoms with E-state index in [2.05, 4.69) is 5.32 Å². The number of hydrogen-bond acceptors (Lipinski definition) is 3. The highest BCUT2D eigenvalue weighted by Gasteiger charge is 1.92. The van der Waals surface area contributed by atoms with E-state index in [1.807, 2.05) is 6.07 Å². The van der Waals surface area contributed by atoms with Crippen LogP contribution in [0, 0.1) is 11.3 Å². The minimum Gasteiger partial charge on any atom is -0.395 e. The van der Waals surface area contributed by atoms with Crippen molar-refractivity contribution < 1.29 is 5.11 Å². The van der Waals surface area contributed by atoms with Crippen molar-refractivity contribution in [1.29, 1.82) is 5.26 Å². The first-order chi connectivity index (χ1) is 3.81. The maximum atomic E-state index is 8.24. The molecule has 0 saturated carbocycles. The zero-order valence-corrected chi connectivity index (χ0v) is 4.89. The maximum absolute atomic E-state index is 8.24. The molecule has 0 unspecified atom stereocenters. The Kier molecular flexibility index (Phi) is 4.23. The van der Waals surface area contributed by atoms with E-state index in [0.29, 0.717) is 6.54 Å². The quantitative estimate of drug-likeness (QED) is 0.519. The summed E-state index contributed by atoms with van der Waals surface area (Å²) < 4.78 is 0. The average Bonchev–Trinajstić information content (AvgIpc) is 1.83. The highest BCUT2D eigenvalue weighted by Crippen LogP contribution is 1.72. The Hall–Kier alpha value is -0.590. The van der Waals surface area contributed by atoms with Crippen molar-refractivity contribution in [2.24, 2.45) is 0 Å². The van der Waals surface area contributed by atoms with Crippen LogP contribution in [-0.2, 0) is 0 Å². The third-order valence-electron chi connectivity index (χ3n) is 0.756. The summed E-state index contributed by atoms with van der Waals surface area (Å²) in [5.74, 6) is 0. The molecule has 3 heteroatoms. The summed E-state index contributed by atoms with van der Waals surface area (Å²) in [6, 6.07) is 1.83. The van der Waals surface area contributed by atoms with Gasteiger partial charge in [-0.15, -0.1) is 0 Å². The van der Waals surface area contributed by atoms with Gasteiger partial charge >= 0.3 is 0 Å². The van der Waals surface area contributed by atoms with Crippen LogP contribution in [0.4, 0.5) is 0 Å². The summed E-state index contributed by atoms with van der Waals surface area (Å²) in [6.07, 6.45) is 0. The van der Waals surface area contributed by atoms with Crippen LogP contribution in [0.5, 0.6) is 0 Å². The van der Waals surface area contributed by atoms with E-state index in [4.69, 9.17) is 10.4 Å². The molecule has 0 aliphatic carbocycles. The summed E-state index contributed by atoms with van der Waals surface area (Å²) in [5.41, 5.74) is 0. The summed E-state index contributed by atoms with van der Waals surface area (Å²) in [7, 11) is 0. The van der Waals surface area contributed by atoms with Gasteiger partial charge in [0.05, 0.1) is 18.7 Å². The van der Waals surface area contributed by atoms with Crippen LogP contribution in [0.3, 0.4) is 0 Å². The summed E-state index contributed by atoms with van der Waals surface area (Å²) >= 11 is 0. The highest BCUT2D eigenvalue weighted by atomic mass is 16.3. The molecule has 0 bridgehead atoms. The molecule has 0 aromatic carbocycles. The Labute approximate surface area is 48.9 Å². The number of nitrogens with zero attached hydrogens (tertiary/aromatic N) is 1. The molecular weight excluding hydrogens is 104 g/mol. The predicted octanol–water partition coefficient (Wildman–Crippen LogP) is -0.520.